The first-order valence-electron chi connectivity index (χ1n) is 9.22. The summed E-state index contributed by atoms with van der Waals surface area (Å²) < 4.78 is 58.0. The Morgan fingerprint density at radius 3 is 2.77 bits per heavy atom. The van der Waals surface area contributed by atoms with Crippen LogP contribution in [0.2, 0.25) is 0 Å². The molecule has 1 atom stereocenters. The fourth-order valence-electron chi connectivity index (χ4n) is 3.41. The molecule has 0 radical (unpaired) electrons. The third kappa shape index (κ3) is 4.07. The van der Waals surface area contributed by atoms with E-state index in [4.69, 9.17) is 4.74 Å². The van der Waals surface area contributed by atoms with Crippen LogP contribution >= 0.6 is 11.3 Å². The van der Waals surface area contributed by atoms with Crippen LogP contribution in [0.15, 0.2) is 41.3 Å². The SMILES string of the molecule is CS(=O)(=O)c1ccccc1C(=O)N(CC1CCCO1)c1nc2c(F)cc(F)cc2s1. The van der Waals surface area contributed by atoms with Gasteiger partial charge in [-0.1, -0.05) is 23.5 Å². The molecular weight excluding hydrogens is 434 g/mol. The van der Waals surface area contributed by atoms with Gasteiger partial charge in [0.2, 0.25) is 0 Å². The number of aromatic nitrogens is 1. The first-order chi connectivity index (χ1) is 14.2. The third-order valence-corrected chi connectivity index (χ3v) is 6.99. The lowest BCUT2D eigenvalue weighted by Gasteiger charge is -2.24. The smallest absolute Gasteiger partial charge is 0.261 e. The summed E-state index contributed by atoms with van der Waals surface area (Å²) in [4.78, 5) is 18.8. The number of halogens is 2. The molecule has 2 heterocycles. The minimum atomic E-state index is -3.66. The Labute approximate surface area is 176 Å². The molecule has 1 amide bonds. The molecule has 158 valence electrons. The van der Waals surface area contributed by atoms with Crippen molar-refractivity contribution in [2.24, 2.45) is 0 Å². The number of benzene rings is 2. The van der Waals surface area contributed by atoms with Gasteiger partial charge in [-0.2, -0.15) is 0 Å². The van der Waals surface area contributed by atoms with Gasteiger partial charge in [-0.15, -0.1) is 0 Å². The highest BCUT2D eigenvalue weighted by atomic mass is 32.2. The number of thiazole rings is 1. The summed E-state index contributed by atoms with van der Waals surface area (Å²) in [5.74, 6) is -2.16. The van der Waals surface area contributed by atoms with Gasteiger partial charge >= 0.3 is 0 Å². The molecule has 0 spiro atoms. The molecule has 30 heavy (non-hydrogen) atoms. The summed E-state index contributed by atoms with van der Waals surface area (Å²) in [5, 5.41) is 0.151. The van der Waals surface area contributed by atoms with Crippen molar-refractivity contribution in [3.8, 4) is 0 Å². The Bertz CT molecular complexity index is 1220. The van der Waals surface area contributed by atoms with Crippen LogP contribution in [0.3, 0.4) is 0 Å². The monoisotopic (exact) mass is 452 g/mol. The Morgan fingerprint density at radius 2 is 2.07 bits per heavy atom. The molecule has 1 aliphatic rings. The molecular formula is C20H18F2N2O4S2. The zero-order valence-electron chi connectivity index (χ0n) is 16.0. The summed E-state index contributed by atoms with van der Waals surface area (Å²) >= 11 is 0.962. The standard InChI is InChI=1S/C20H18F2N2O4S2/c1-30(26,27)17-7-3-2-6-14(17)19(25)24(11-13-5-4-8-28-13)20-23-18-15(22)9-12(21)10-16(18)29-20/h2-3,6-7,9-10,13H,4-5,8,11H2,1H3. The van der Waals surface area contributed by atoms with Crippen molar-refractivity contribution in [1.82, 2.24) is 4.98 Å². The van der Waals surface area contributed by atoms with Gasteiger partial charge in [0, 0.05) is 18.9 Å². The second-order valence-electron chi connectivity index (χ2n) is 7.05. The van der Waals surface area contributed by atoms with E-state index in [1.165, 1.54) is 23.1 Å². The van der Waals surface area contributed by atoms with E-state index in [0.717, 1.165) is 42.6 Å². The van der Waals surface area contributed by atoms with Gasteiger partial charge in [-0.25, -0.2) is 22.2 Å². The van der Waals surface area contributed by atoms with Gasteiger partial charge in [0.05, 0.1) is 27.8 Å². The van der Waals surface area contributed by atoms with Gasteiger partial charge in [0.15, 0.2) is 20.8 Å². The molecule has 0 N–H and O–H groups in total. The number of rotatable bonds is 5. The van der Waals surface area contributed by atoms with Crippen LogP contribution in [0.1, 0.15) is 23.2 Å². The highest BCUT2D eigenvalue weighted by molar-refractivity contribution is 7.90. The minimum Gasteiger partial charge on any atom is -0.376 e. The number of hydrogen-bond donors (Lipinski definition) is 0. The van der Waals surface area contributed by atoms with E-state index in [1.807, 2.05) is 0 Å². The lowest BCUT2D eigenvalue weighted by atomic mass is 10.1. The van der Waals surface area contributed by atoms with E-state index in [-0.39, 0.29) is 38.5 Å². The summed E-state index contributed by atoms with van der Waals surface area (Å²) in [6.07, 6.45) is 2.34. The van der Waals surface area contributed by atoms with Gasteiger partial charge in [-0.3, -0.25) is 9.69 Å². The van der Waals surface area contributed by atoms with Crippen LogP contribution < -0.4 is 4.90 Å². The van der Waals surface area contributed by atoms with E-state index in [1.54, 1.807) is 6.07 Å². The molecule has 1 fully saturated rings. The van der Waals surface area contributed by atoms with Gasteiger partial charge in [0.25, 0.3) is 5.91 Å². The second kappa shape index (κ2) is 8.01. The van der Waals surface area contributed by atoms with Crippen molar-refractivity contribution in [3.05, 3.63) is 53.6 Å². The molecule has 1 unspecified atom stereocenters. The molecule has 6 nitrogen and oxygen atoms in total. The molecule has 3 aromatic rings. The van der Waals surface area contributed by atoms with Gasteiger partial charge in [-0.05, 0) is 31.0 Å². The molecule has 0 saturated carbocycles. The Morgan fingerprint density at radius 1 is 1.30 bits per heavy atom. The largest absolute Gasteiger partial charge is 0.376 e. The van der Waals surface area contributed by atoms with E-state index in [0.29, 0.717) is 6.61 Å². The summed E-state index contributed by atoms with van der Waals surface area (Å²) in [7, 11) is -3.66. The number of hydrogen-bond acceptors (Lipinski definition) is 6. The van der Waals surface area contributed by atoms with Crippen LogP contribution in [-0.2, 0) is 14.6 Å². The molecule has 1 saturated heterocycles. The molecule has 1 aliphatic heterocycles. The summed E-state index contributed by atoms with van der Waals surface area (Å²) in [5.41, 5.74) is -0.0538. The van der Waals surface area contributed by atoms with Crippen LogP contribution in [0.4, 0.5) is 13.9 Å². The van der Waals surface area contributed by atoms with Crippen molar-refractivity contribution in [3.63, 3.8) is 0 Å². The van der Waals surface area contributed by atoms with Crippen molar-refractivity contribution < 1.29 is 26.7 Å². The average molecular weight is 453 g/mol. The minimum absolute atomic E-state index is 0.0103. The lowest BCUT2D eigenvalue weighted by Crippen LogP contribution is -2.38. The zero-order valence-corrected chi connectivity index (χ0v) is 17.6. The lowest BCUT2D eigenvalue weighted by molar-refractivity contribution is 0.0915. The number of anilines is 1. The van der Waals surface area contributed by atoms with Crippen molar-refractivity contribution in [2.45, 2.75) is 23.8 Å². The number of sulfone groups is 1. The number of amides is 1. The van der Waals surface area contributed by atoms with Crippen molar-refractivity contribution in [1.29, 1.82) is 0 Å². The number of nitrogens with zero attached hydrogens (tertiary/aromatic N) is 2. The molecule has 0 aliphatic carbocycles. The fourth-order valence-corrected chi connectivity index (χ4v) is 5.31. The van der Waals surface area contributed by atoms with Crippen LogP contribution in [0, 0.1) is 11.6 Å². The number of ether oxygens (including phenoxy) is 1. The maximum Gasteiger partial charge on any atom is 0.261 e. The predicted molar refractivity (Wildman–Crippen MR) is 110 cm³/mol. The third-order valence-electron chi connectivity index (χ3n) is 4.81. The molecule has 4 rings (SSSR count). The van der Waals surface area contributed by atoms with E-state index >= 15 is 0 Å². The van der Waals surface area contributed by atoms with Crippen LogP contribution in [0.5, 0.6) is 0 Å². The molecule has 1 aromatic heterocycles. The highest BCUT2D eigenvalue weighted by Gasteiger charge is 2.30. The number of carbonyl (C=O) groups is 1. The first-order valence-corrected chi connectivity index (χ1v) is 11.9. The second-order valence-corrected chi connectivity index (χ2v) is 10.0. The quantitative estimate of drug-likeness (QED) is 0.589. The molecule has 10 heteroatoms. The topological polar surface area (TPSA) is 76.6 Å². The average Bonchev–Trinajstić information content (AvgIpc) is 3.34. The first kappa shape index (κ1) is 20.8. The van der Waals surface area contributed by atoms with Crippen molar-refractivity contribution >= 4 is 42.4 Å². The Balaban J connectivity index is 1.81. The van der Waals surface area contributed by atoms with Gasteiger partial charge < -0.3 is 4.74 Å². The fraction of sp³-hybridized carbons (Fsp3) is 0.300. The van der Waals surface area contributed by atoms with E-state index in [2.05, 4.69) is 4.98 Å². The van der Waals surface area contributed by atoms with E-state index < -0.39 is 27.4 Å². The van der Waals surface area contributed by atoms with E-state index in [9.17, 15) is 22.0 Å². The van der Waals surface area contributed by atoms with Gasteiger partial charge in [0.1, 0.15) is 11.3 Å². The predicted octanol–water partition coefficient (Wildman–Crippen LogP) is 3.80. The van der Waals surface area contributed by atoms with Crippen LogP contribution in [-0.4, -0.2) is 44.8 Å². The Hall–Kier alpha value is -2.43. The maximum atomic E-state index is 14.2. The summed E-state index contributed by atoms with van der Waals surface area (Å²) in [6, 6.07) is 7.78. The Kier molecular flexibility index (Phi) is 5.56. The highest BCUT2D eigenvalue weighted by Crippen LogP contribution is 2.33. The number of carbonyl (C=O) groups excluding carboxylic acids is 1. The normalized spacial score (nSPS) is 16.8. The number of fused-ring (bicyclic) bond motifs is 1. The maximum absolute atomic E-state index is 14.2. The molecule has 0 bridgehead atoms. The zero-order chi connectivity index (χ0) is 21.5. The molecule has 2 aromatic carbocycles. The van der Waals surface area contributed by atoms with Crippen LogP contribution in [0.25, 0.3) is 10.2 Å². The van der Waals surface area contributed by atoms with Crippen molar-refractivity contribution in [2.75, 3.05) is 24.3 Å². The summed E-state index contributed by atoms with van der Waals surface area (Å²) in [6.45, 7) is 0.688.